The Kier molecular flexibility index (Phi) is 13.4. The van der Waals surface area contributed by atoms with Crippen LogP contribution in [-0.4, -0.2) is 70.6 Å². The summed E-state index contributed by atoms with van der Waals surface area (Å²) < 4.78 is 16.5. The number of halogens is 1. The van der Waals surface area contributed by atoms with E-state index in [2.05, 4.69) is 47.5 Å². The van der Waals surface area contributed by atoms with Gasteiger partial charge < -0.3 is 19.5 Å². The minimum absolute atomic E-state index is 0.164. The van der Waals surface area contributed by atoms with Crippen molar-refractivity contribution in [1.82, 2.24) is 10.2 Å². The highest BCUT2D eigenvalue weighted by molar-refractivity contribution is 6.32. The molecule has 0 saturated heterocycles. The molecule has 0 aliphatic rings. The van der Waals surface area contributed by atoms with Crippen LogP contribution in [0, 0.1) is 5.41 Å². The van der Waals surface area contributed by atoms with Gasteiger partial charge in [0.1, 0.15) is 17.3 Å². The molecule has 0 aliphatic carbocycles. The number of nitrogens with one attached hydrogen (secondary N) is 1. The topological polar surface area (TPSA) is 102 Å². The summed E-state index contributed by atoms with van der Waals surface area (Å²) in [5, 5.41) is 3.55. The molecule has 1 amide bonds. The van der Waals surface area contributed by atoms with Crippen molar-refractivity contribution in [1.29, 1.82) is 0 Å². The van der Waals surface area contributed by atoms with Crippen molar-refractivity contribution in [3.63, 3.8) is 0 Å². The molecular weight excluding hydrogens is 532 g/mol. The number of carbonyl (C=O) groups is 2. The number of nitrogens with zero attached hydrogens (tertiary/aromatic N) is 3. The molecule has 0 unspecified atom stereocenters. The van der Waals surface area contributed by atoms with Gasteiger partial charge in [0.15, 0.2) is 0 Å². The molecule has 0 radical (unpaired) electrons. The van der Waals surface area contributed by atoms with E-state index in [0.29, 0.717) is 85.8 Å². The van der Waals surface area contributed by atoms with Crippen molar-refractivity contribution in [3.05, 3.63) is 70.1 Å². The van der Waals surface area contributed by atoms with Gasteiger partial charge in [-0.15, -0.1) is 0 Å². The fraction of sp³-hybridized carbons (Fsp3) is 0.400. The van der Waals surface area contributed by atoms with Gasteiger partial charge in [-0.3, -0.25) is 24.5 Å². The lowest BCUT2D eigenvalue weighted by Crippen LogP contribution is -2.43. The number of hydrogen-bond acceptors (Lipinski definition) is 8. The first kappa shape index (κ1) is 32.5. The molecule has 0 spiro atoms. The van der Waals surface area contributed by atoms with Gasteiger partial charge in [0.05, 0.1) is 37.5 Å². The molecular formula is C30H39ClN4O5. The Balaban J connectivity index is 2.04. The van der Waals surface area contributed by atoms with Gasteiger partial charge in [0.25, 0.3) is 12.4 Å². The summed E-state index contributed by atoms with van der Waals surface area (Å²) in [4.78, 5) is 33.5. The molecule has 0 saturated carbocycles. The lowest BCUT2D eigenvalue weighted by atomic mass is 9.92. The van der Waals surface area contributed by atoms with Gasteiger partial charge in [-0.2, -0.15) is 0 Å². The van der Waals surface area contributed by atoms with E-state index < -0.39 is 0 Å². The number of rotatable bonds is 18. The number of ether oxygens (including phenoxy) is 3. The van der Waals surface area contributed by atoms with E-state index in [1.165, 1.54) is 0 Å². The Morgan fingerprint density at radius 2 is 1.90 bits per heavy atom. The van der Waals surface area contributed by atoms with Gasteiger partial charge in [-0.25, -0.2) is 0 Å². The lowest BCUT2D eigenvalue weighted by Gasteiger charge is -2.33. The van der Waals surface area contributed by atoms with Gasteiger partial charge in [-0.1, -0.05) is 31.5 Å². The summed E-state index contributed by atoms with van der Waals surface area (Å²) in [6.45, 7) is 16.3. The summed E-state index contributed by atoms with van der Waals surface area (Å²) in [5.74, 6) is 1.37. The number of hydrogen-bond donors (Lipinski definition) is 1. The number of allylic oxidation sites excluding steroid dienone is 1. The summed E-state index contributed by atoms with van der Waals surface area (Å²) in [6.07, 6.45) is 0.697. The summed E-state index contributed by atoms with van der Waals surface area (Å²) in [7, 11) is 1.54. The molecule has 9 nitrogen and oxygen atoms in total. The second kappa shape index (κ2) is 16.4. The molecule has 1 N–H and O–H groups in total. The van der Waals surface area contributed by atoms with Crippen molar-refractivity contribution < 1.29 is 23.8 Å². The van der Waals surface area contributed by atoms with Crippen LogP contribution >= 0.6 is 11.6 Å². The number of benzene rings is 2. The number of amides is 1. The maximum absolute atomic E-state index is 12.7. The van der Waals surface area contributed by atoms with Crippen LogP contribution in [-0.2, 0) is 20.8 Å². The van der Waals surface area contributed by atoms with Crippen LogP contribution in [0.5, 0.6) is 5.75 Å². The van der Waals surface area contributed by atoms with Crippen LogP contribution in [0.4, 0.5) is 5.69 Å². The highest BCUT2D eigenvalue weighted by Gasteiger charge is 2.24. The second-order valence-electron chi connectivity index (χ2n) is 10.0. The Bertz CT molecular complexity index is 1180. The van der Waals surface area contributed by atoms with Gasteiger partial charge in [0.2, 0.25) is 0 Å². The first-order chi connectivity index (χ1) is 19.1. The third kappa shape index (κ3) is 10.8. The van der Waals surface area contributed by atoms with E-state index in [1.54, 1.807) is 38.3 Å². The minimum Gasteiger partial charge on any atom is -0.496 e. The fourth-order valence-electron chi connectivity index (χ4n) is 4.03. The minimum atomic E-state index is -0.296. The Labute approximate surface area is 241 Å². The van der Waals surface area contributed by atoms with Crippen LogP contribution in [0.25, 0.3) is 0 Å². The molecule has 2 aromatic carbocycles. The lowest BCUT2D eigenvalue weighted by molar-refractivity contribution is -0.125. The molecule has 216 valence electrons. The largest absolute Gasteiger partial charge is 0.496 e. The molecule has 0 fully saturated rings. The van der Waals surface area contributed by atoms with Crippen LogP contribution in [0.15, 0.2) is 64.0 Å². The molecule has 40 heavy (non-hydrogen) atoms. The zero-order chi connectivity index (χ0) is 29.5. The van der Waals surface area contributed by atoms with Gasteiger partial charge in [0, 0.05) is 25.2 Å². The van der Waals surface area contributed by atoms with Crippen molar-refractivity contribution >= 4 is 43.1 Å². The maximum Gasteiger partial charge on any atom is 0.298 e. The van der Waals surface area contributed by atoms with E-state index in [4.69, 9.17) is 25.8 Å². The first-order valence-corrected chi connectivity index (χ1v) is 13.2. The Hall–Kier alpha value is -3.69. The molecule has 0 bridgehead atoms. The van der Waals surface area contributed by atoms with Gasteiger partial charge in [-0.05, 0) is 74.2 Å². The molecule has 10 heteroatoms. The van der Waals surface area contributed by atoms with E-state index >= 15 is 0 Å². The van der Waals surface area contributed by atoms with E-state index in [1.807, 2.05) is 18.2 Å². The van der Waals surface area contributed by atoms with Crippen molar-refractivity contribution in [2.75, 3.05) is 39.9 Å². The standard InChI is InChI=1S/C30H39ClN4O5/c1-22(40-21-36)28(38-6)18-35(14-7-15-39-27-13-8-23(17-32-4)16-26(27)31)20-30(2,3)19-34-29(37)24-9-11-25(33-5)12-10-24/h8-13,16,21H,4-5,7,14-15,17-20H2,1-3,6H3,(H,34,37)/b28-22-. The molecule has 2 rings (SSSR count). The summed E-state index contributed by atoms with van der Waals surface area (Å²) >= 11 is 6.36. The molecule has 0 heterocycles. The zero-order valence-corrected chi connectivity index (χ0v) is 24.5. The predicted octanol–water partition coefficient (Wildman–Crippen LogP) is 5.45. The SMILES string of the molecule is C=NCc1ccc(OCCCN(C/C(OC)=C(\C)OC=O)CC(C)(C)CNC(=O)c2ccc(N=C)cc2)c(Cl)c1. The highest BCUT2D eigenvalue weighted by Crippen LogP contribution is 2.26. The smallest absolute Gasteiger partial charge is 0.298 e. The number of aliphatic imine (C=N–C) groups is 2. The molecule has 0 atom stereocenters. The monoisotopic (exact) mass is 570 g/mol. The number of methoxy groups -OCH3 is 1. The quantitative estimate of drug-likeness (QED) is 0.111. The Morgan fingerprint density at radius 3 is 2.50 bits per heavy atom. The summed E-state index contributed by atoms with van der Waals surface area (Å²) in [6, 6.07) is 12.5. The number of carbonyl (C=O) groups excluding carboxylic acids is 2. The molecule has 0 aliphatic heterocycles. The third-order valence-corrected chi connectivity index (χ3v) is 6.38. The average molecular weight is 571 g/mol. The van der Waals surface area contributed by atoms with Crippen molar-refractivity contribution in [2.24, 2.45) is 15.4 Å². The predicted molar refractivity (Wildman–Crippen MR) is 160 cm³/mol. The summed E-state index contributed by atoms with van der Waals surface area (Å²) in [5.41, 5.74) is 1.92. The van der Waals surface area contributed by atoms with Crippen LogP contribution in [0.1, 0.15) is 43.1 Å². The van der Waals surface area contributed by atoms with Gasteiger partial charge >= 0.3 is 0 Å². The maximum atomic E-state index is 12.7. The third-order valence-electron chi connectivity index (χ3n) is 6.09. The van der Waals surface area contributed by atoms with E-state index in [0.717, 1.165) is 5.56 Å². The second-order valence-corrected chi connectivity index (χ2v) is 10.4. The zero-order valence-electron chi connectivity index (χ0n) is 23.7. The average Bonchev–Trinajstić information content (AvgIpc) is 2.93. The van der Waals surface area contributed by atoms with Crippen LogP contribution < -0.4 is 10.1 Å². The van der Waals surface area contributed by atoms with Crippen LogP contribution in [0.2, 0.25) is 5.02 Å². The Morgan fingerprint density at radius 1 is 1.18 bits per heavy atom. The van der Waals surface area contributed by atoms with E-state index in [9.17, 15) is 9.59 Å². The normalized spacial score (nSPS) is 11.8. The van der Waals surface area contributed by atoms with Crippen LogP contribution in [0.3, 0.4) is 0 Å². The molecule has 2 aromatic rings. The first-order valence-electron chi connectivity index (χ1n) is 12.9. The fourth-order valence-corrected chi connectivity index (χ4v) is 4.29. The van der Waals surface area contributed by atoms with Crippen molar-refractivity contribution in [2.45, 2.75) is 33.7 Å². The molecule has 0 aromatic heterocycles. The van der Waals surface area contributed by atoms with E-state index in [-0.39, 0.29) is 11.3 Å². The highest BCUT2D eigenvalue weighted by atomic mass is 35.5. The van der Waals surface area contributed by atoms with Crippen molar-refractivity contribution in [3.8, 4) is 5.75 Å².